The molecule has 1 unspecified atom stereocenters. The summed E-state index contributed by atoms with van der Waals surface area (Å²) in [5, 5.41) is 0. The number of alkyl halides is 1. The lowest BCUT2D eigenvalue weighted by atomic mass is 10.0. The summed E-state index contributed by atoms with van der Waals surface area (Å²) in [6, 6.07) is 5.02. The molecule has 1 aromatic rings. The van der Waals surface area contributed by atoms with E-state index in [-0.39, 0.29) is 23.0 Å². The van der Waals surface area contributed by atoms with E-state index in [1.165, 1.54) is 14.2 Å². The quantitative estimate of drug-likeness (QED) is 0.475. The van der Waals surface area contributed by atoms with Gasteiger partial charge in [0.05, 0.1) is 25.5 Å². The van der Waals surface area contributed by atoms with Gasteiger partial charge in [0.15, 0.2) is 5.78 Å². The van der Waals surface area contributed by atoms with Crippen LogP contribution < -0.4 is 4.74 Å². The number of carbonyl (C=O) groups excluding carboxylic acids is 2. The fourth-order valence-electron chi connectivity index (χ4n) is 1.53. The fourth-order valence-corrected chi connectivity index (χ4v) is 1.79. The number of hydrogen-bond acceptors (Lipinski definition) is 4. The molecule has 1 atom stereocenters. The Hall–Kier alpha value is -1.36. The number of halogens is 1. The SMILES string of the molecule is COC(=O)Cc1cc(C(=O)C(C)Br)ccc1OC. The fraction of sp³-hybridized carbons (Fsp3) is 0.385. The normalized spacial score (nSPS) is 11.8. The number of esters is 1. The molecule has 0 aliphatic heterocycles. The molecule has 0 saturated carbocycles. The van der Waals surface area contributed by atoms with Crippen molar-refractivity contribution in [1.82, 2.24) is 0 Å². The maximum absolute atomic E-state index is 11.8. The summed E-state index contributed by atoms with van der Waals surface area (Å²) in [5.74, 6) is 0.160. The van der Waals surface area contributed by atoms with E-state index in [1.54, 1.807) is 25.1 Å². The molecule has 5 heteroatoms. The summed E-state index contributed by atoms with van der Waals surface area (Å²) < 4.78 is 9.77. The molecule has 0 amide bonds. The van der Waals surface area contributed by atoms with Gasteiger partial charge in [-0.15, -0.1) is 0 Å². The summed E-state index contributed by atoms with van der Waals surface area (Å²) in [6.45, 7) is 1.76. The third-order valence-electron chi connectivity index (χ3n) is 2.49. The van der Waals surface area contributed by atoms with Crippen molar-refractivity contribution in [2.24, 2.45) is 0 Å². The van der Waals surface area contributed by atoms with E-state index in [2.05, 4.69) is 20.7 Å². The Morgan fingerprint density at radius 2 is 2.00 bits per heavy atom. The molecule has 0 aromatic heterocycles. The van der Waals surface area contributed by atoms with Gasteiger partial charge in [-0.2, -0.15) is 0 Å². The summed E-state index contributed by atoms with van der Waals surface area (Å²) in [5.41, 5.74) is 1.18. The number of benzene rings is 1. The lowest BCUT2D eigenvalue weighted by Gasteiger charge is -2.10. The second-order valence-corrected chi connectivity index (χ2v) is 5.13. The first-order valence-electron chi connectivity index (χ1n) is 5.41. The molecule has 0 saturated heterocycles. The van der Waals surface area contributed by atoms with E-state index < -0.39 is 0 Å². The molecule has 0 spiro atoms. The maximum atomic E-state index is 11.8. The minimum atomic E-state index is -0.371. The molecule has 18 heavy (non-hydrogen) atoms. The lowest BCUT2D eigenvalue weighted by Crippen LogP contribution is -2.12. The molecule has 0 aliphatic rings. The van der Waals surface area contributed by atoms with Gasteiger partial charge in [-0.05, 0) is 25.1 Å². The van der Waals surface area contributed by atoms with Crippen LogP contribution in [0.3, 0.4) is 0 Å². The van der Waals surface area contributed by atoms with E-state index in [9.17, 15) is 9.59 Å². The summed E-state index contributed by atoms with van der Waals surface area (Å²) in [4.78, 5) is 22.9. The van der Waals surface area contributed by atoms with Gasteiger partial charge in [0, 0.05) is 11.1 Å². The van der Waals surface area contributed by atoms with Gasteiger partial charge >= 0.3 is 5.97 Å². The lowest BCUT2D eigenvalue weighted by molar-refractivity contribution is -0.139. The zero-order valence-corrected chi connectivity index (χ0v) is 12.1. The van der Waals surface area contributed by atoms with Crippen LogP contribution in [-0.2, 0) is 16.0 Å². The van der Waals surface area contributed by atoms with Crippen molar-refractivity contribution in [2.75, 3.05) is 14.2 Å². The second kappa shape index (κ2) is 6.54. The smallest absolute Gasteiger partial charge is 0.310 e. The van der Waals surface area contributed by atoms with Crippen LogP contribution in [0.4, 0.5) is 0 Å². The van der Waals surface area contributed by atoms with Crippen molar-refractivity contribution < 1.29 is 19.1 Å². The van der Waals surface area contributed by atoms with Crippen LogP contribution in [0.15, 0.2) is 18.2 Å². The number of rotatable bonds is 5. The zero-order valence-electron chi connectivity index (χ0n) is 10.5. The first-order valence-corrected chi connectivity index (χ1v) is 6.33. The largest absolute Gasteiger partial charge is 0.496 e. The van der Waals surface area contributed by atoms with Gasteiger partial charge in [0.2, 0.25) is 0 Å². The highest BCUT2D eigenvalue weighted by Crippen LogP contribution is 2.22. The standard InChI is InChI=1S/C13H15BrO4/c1-8(14)13(16)9-4-5-11(17-2)10(6-9)7-12(15)18-3/h4-6,8H,7H2,1-3H3. The molecule has 0 heterocycles. The predicted octanol–water partition coefficient (Wildman–Crippen LogP) is 2.38. The number of ether oxygens (including phenoxy) is 2. The number of methoxy groups -OCH3 is 2. The van der Waals surface area contributed by atoms with Crippen LogP contribution in [-0.4, -0.2) is 30.8 Å². The molecule has 0 aliphatic carbocycles. The second-order valence-electron chi connectivity index (χ2n) is 3.76. The van der Waals surface area contributed by atoms with Gasteiger partial charge in [-0.1, -0.05) is 15.9 Å². The number of hydrogen-bond donors (Lipinski definition) is 0. The molecule has 1 rings (SSSR count). The van der Waals surface area contributed by atoms with E-state index in [0.717, 1.165) is 0 Å². The molecular formula is C13H15BrO4. The molecule has 0 N–H and O–H groups in total. The van der Waals surface area contributed by atoms with Crippen molar-refractivity contribution in [1.29, 1.82) is 0 Å². The molecule has 4 nitrogen and oxygen atoms in total. The Bertz CT molecular complexity index is 454. The van der Waals surface area contributed by atoms with Crippen LogP contribution in [0.5, 0.6) is 5.75 Å². The van der Waals surface area contributed by atoms with Crippen molar-refractivity contribution in [3.8, 4) is 5.75 Å². The summed E-state index contributed by atoms with van der Waals surface area (Å²) in [6.07, 6.45) is 0.0808. The van der Waals surface area contributed by atoms with Gasteiger partial charge < -0.3 is 9.47 Å². The van der Waals surface area contributed by atoms with Gasteiger partial charge in [-0.25, -0.2) is 0 Å². The first-order chi connectivity index (χ1) is 8.49. The molecule has 0 radical (unpaired) electrons. The molecular weight excluding hydrogens is 300 g/mol. The topological polar surface area (TPSA) is 52.6 Å². The van der Waals surface area contributed by atoms with Crippen LogP contribution in [0.2, 0.25) is 0 Å². The van der Waals surface area contributed by atoms with Gasteiger partial charge in [-0.3, -0.25) is 9.59 Å². The van der Waals surface area contributed by atoms with E-state index in [0.29, 0.717) is 16.9 Å². The van der Waals surface area contributed by atoms with Crippen LogP contribution in [0.1, 0.15) is 22.8 Å². The van der Waals surface area contributed by atoms with Crippen LogP contribution >= 0.6 is 15.9 Å². The third kappa shape index (κ3) is 3.57. The number of carbonyl (C=O) groups is 2. The average Bonchev–Trinajstić information content (AvgIpc) is 2.37. The molecule has 1 aromatic carbocycles. The highest BCUT2D eigenvalue weighted by atomic mass is 79.9. The molecule has 0 fully saturated rings. The van der Waals surface area contributed by atoms with Crippen molar-refractivity contribution >= 4 is 27.7 Å². The predicted molar refractivity (Wildman–Crippen MR) is 71.4 cm³/mol. The van der Waals surface area contributed by atoms with Crippen molar-refractivity contribution in [2.45, 2.75) is 18.2 Å². The Morgan fingerprint density at radius 3 is 2.50 bits per heavy atom. The van der Waals surface area contributed by atoms with E-state index in [4.69, 9.17) is 4.74 Å². The Morgan fingerprint density at radius 1 is 1.33 bits per heavy atom. The Balaban J connectivity index is 3.09. The third-order valence-corrected chi connectivity index (χ3v) is 2.90. The Kier molecular flexibility index (Phi) is 5.34. The summed E-state index contributed by atoms with van der Waals surface area (Å²) in [7, 11) is 2.84. The highest BCUT2D eigenvalue weighted by Gasteiger charge is 2.16. The minimum Gasteiger partial charge on any atom is -0.496 e. The number of Topliss-reactive ketones (excluding diaryl/α,β-unsaturated/α-hetero) is 1. The van der Waals surface area contributed by atoms with Gasteiger partial charge in [0.1, 0.15) is 5.75 Å². The monoisotopic (exact) mass is 314 g/mol. The zero-order chi connectivity index (χ0) is 13.7. The van der Waals surface area contributed by atoms with E-state index >= 15 is 0 Å². The number of ketones is 1. The maximum Gasteiger partial charge on any atom is 0.310 e. The minimum absolute atomic E-state index is 0.0382. The molecule has 98 valence electrons. The first kappa shape index (κ1) is 14.7. The van der Waals surface area contributed by atoms with E-state index in [1.807, 2.05) is 0 Å². The molecule has 0 bridgehead atoms. The summed E-state index contributed by atoms with van der Waals surface area (Å²) >= 11 is 3.23. The van der Waals surface area contributed by atoms with Crippen LogP contribution in [0.25, 0.3) is 0 Å². The Labute approximate surface area is 114 Å². The average molecular weight is 315 g/mol. The highest BCUT2D eigenvalue weighted by molar-refractivity contribution is 9.10. The van der Waals surface area contributed by atoms with Crippen molar-refractivity contribution in [3.05, 3.63) is 29.3 Å². The van der Waals surface area contributed by atoms with Crippen LogP contribution in [0, 0.1) is 0 Å². The van der Waals surface area contributed by atoms with Gasteiger partial charge in [0.25, 0.3) is 0 Å². The van der Waals surface area contributed by atoms with Crippen molar-refractivity contribution in [3.63, 3.8) is 0 Å².